The van der Waals surface area contributed by atoms with Gasteiger partial charge in [0, 0.05) is 28.6 Å². The standard InChI is InChI=1S/C17H16ClF3N4OS/c1-3-9-4-11(9)15-8(2)27-16-22-10(5-14(26)25(15)16)7-24-13(18)6-12(23-24)17(19,20)21/h5-6,9,11H,3-4,7H2,1-2H3. The Morgan fingerprint density at radius 1 is 1.37 bits per heavy atom. The Hall–Kier alpha value is -1.87. The first-order chi connectivity index (χ1) is 12.7. The number of nitrogens with zero attached hydrogens (tertiary/aromatic N) is 4. The molecule has 0 bridgehead atoms. The minimum absolute atomic E-state index is 0.103. The Bertz CT molecular complexity index is 1080. The molecule has 3 aromatic heterocycles. The van der Waals surface area contributed by atoms with Crippen LogP contribution in [0.1, 0.15) is 47.6 Å². The third kappa shape index (κ3) is 3.27. The van der Waals surface area contributed by atoms with E-state index in [9.17, 15) is 18.0 Å². The maximum absolute atomic E-state index is 12.8. The van der Waals surface area contributed by atoms with Gasteiger partial charge in [-0.25, -0.2) is 9.67 Å². The number of rotatable bonds is 4. The van der Waals surface area contributed by atoms with Crippen LogP contribution in [0, 0.1) is 12.8 Å². The van der Waals surface area contributed by atoms with Crippen molar-refractivity contribution >= 4 is 27.9 Å². The molecule has 0 spiro atoms. The van der Waals surface area contributed by atoms with Gasteiger partial charge in [0.2, 0.25) is 0 Å². The van der Waals surface area contributed by atoms with Crippen molar-refractivity contribution in [2.45, 2.75) is 45.3 Å². The van der Waals surface area contributed by atoms with Gasteiger partial charge in [0.05, 0.1) is 12.2 Å². The molecule has 0 saturated heterocycles. The fourth-order valence-electron chi connectivity index (χ4n) is 3.48. The lowest BCUT2D eigenvalue weighted by Crippen LogP contribution is -2.18. The van der Waals surface area contributed by atoms with Crippen LogP contribution in [0.25, 0.3) is 4.96 Å². The summed E-state index contributed by atoms with van der Waals surface area (Å²) in [6, 6.07) is 2.11. The predicted molar refractivity (Wildman–Crippen MR) is 96.6 cm³/mol. The van der Waals surface area contributed by atoms with Crippen LogP contribution in [-0.4, -0.2) is 19.2 Å². The highest BCUT2D eigenvalue weighted by Crippen LogP contribution is 2.51. The van der Waals surface area contributed by atoms with E-state index in [2.05, 4.69) is 17.0 Å². The molecule has 0 amide bonds. The SMILES string of the molecule is CCC1CC1c1c(C)sc2nc(Cn3nc(C(F)(F)F)cc3Cl)cc(=O)n12. The molecule has 2 atom stereocenters. The molecular formula is C17H16ClF3N4OS. The lowest BCUT2D eigenvalue weighted by molar-refractivity contribution is -0.141. The van der Waals surface area contributed by atoms with Crippen LogP contribution in [0.3, 0.4) is 0 Å². The summed E-state index contributed by atoms with van der Waals surface area (Å²) in [6.45, 7) is 4.00. The Morgan fingerprint density at radius 2 is 2.11 bits per heavy atom. The van der Waals surface area contributed by atoms with E-state index in [0.717, 1.165) is 34.2 Å². The molecule has 10 heteroatoms. The van der Waals surface area contributed by atoms with Gasteiger partial charge in [-0.2, -0.15) is 18.3 Å². The second kappa shape index (κ2) is 6.34. The van der Waals surface area contributed by atoms with Gasteiger partial charge in [0.25, 0.3) is 5.56 Å². The maximum atomic E-state index is 12.8. The van der Waals surface area contributed by atoms with Gasteiger partial charge in [0.1, 0.15) is 5.15 Å². The van der Waals surface area contributed by atoms with Crippen LogP contribution < -0.4 is 5.56 Å². The normalized spacial score (nSPS) is 19.8. The van der Waals surface area contributed by atoms with Crippen molar-refractivity contribution in [2.24, 2.45) is 5.92 Å². The summed E-state index contributed by atoms with van der Waals surface area (Å²) in [7, 11) is 0. The van der Waals surface area contributed by atoms with Crippen LogP contribution >= 0.6 is 22.9 Å². The summed E-state index contributed by atoms with van der Waals surface area (Å²) < 4.78 is 41.0. The van der Waals surface area contributed by atoms with E-state index in [1.165, 1.54) is 17.4 Å². The largest absolute Gasteiger partial charge is 0.435 e. The van der Waals surface area contributed by atoms with E-state index in [1.54, 1.807) is 4.40 Å². The number of alkyl halides is 3. The third-order valence-corrected chi connectivity index (χ3v) is 6.19. The van der Waals surface area contributed by atoms with Crippen molar-refractivity contribution in [1.29, 1.82) is 0 Å². The van der Waals surface area contributed by atoms with E-state index in [0.29, 0.717) is 22.5 Å². The van der Waals surface area contributed by atoms with Gasteiger partial charge in [-0.3, -0.25) is 9.20 Å². The predicted octanol–water partition coefficient (Wildman–Crippen LogP) is 4.49. The zero-order valence-corrected chi connectivity index (χ0v) is 16.1. The molecule has 27 heavy (non-hydrogen) atoms. The maximum Gasteiger partial charge on any atom is 0.435 e. The summed E-state index contributed by atoms with van der Waals surface area (Å²) in [5.41, 5.74) is 0.0473. The Labute approximate surface area is 161 Å². The molecule has 0 radical (unpaired) electrons. The lowest BCUT2D eigenvalue weighted by Gasteiger charge is -2.05. The van der Waals surface area contributed by atoms with E-state index < -0.39 is 11.9 Å². The summed E-state index contributed by atoms with van der Waals surface area (Å²) in [6.07, 6.45) is -2.44. The highest BCUT2D eigenvalue weighted by atomic mass is 35.5. The van der Waals surface area contributed by atoms with Crippen molar-refractivity contribution < 1.29 is 13.2 Å². The zero-order chi connectivity index (χ0) is 19.5. The first-order valence-electron chi connectivity index (χ1n) is 8.51. The van der Waals surface area contributed by atoms with Gasteiger partial charge in [-0.1, -0.05) is 24.9 Å². The highest BCUT2D eigenvalue weighted by molar-refractivity contribution is 7.17. The van der Waals surface area contributed by atoms with Crippen LogP contribution in [0.5, 0.6) is 0 Å². The minimum atomic E-state index is -4.58. The number of thiazole rings is 1. The molecule has 1 aliphatic rings. The molecule has 3 aromatic rings. The molecule has 144 valence electrons. The quantitative estimate of drug-likeness (QED) is 0.629. The molecule has 5 nitrogen and oxygen atoms in total. The number of hydrogen-bond donors (Lipinski definition) is 0. The van der Waals surface area contributed by atoms with E-state index in [-0.39, 0.29) is 17.3 Å². The van der Waals surface area contributed by atoms with Gasteiger partial charge in [-0.05, 0) is 19.3 Å². The number of aromatic nitrogens is 4. The third-order valence-electron chi connectivity index (χ3n) is 4.92. The van der Waals surface area contributed by atoms with Gasteiger partial charge in [0.15, 0.2) is 10.7 Å². The second-order valence-corrected chi connectivity index (χ2v) is 8.33. The van der Waals surface area contributed by atoms with Gasteiger partial charge in [-0.15, -0.1) is 11.3 Å². The lowest BCUT2D eigenvalue weighted by atomic mass is 10.2. The molecule has 2 unspecified atom stereocenters. The van der Waals surface area contributed by atoms with E-state index in [4.69, 9.17) is 11.6 Å². The molecule has 0 aromatic carbocycles. The van der Waals surface area contributed by atoms with Crippen molar-refractivity contribution in [3.05, 3.63) is 49.6 Å². The molecule has 3 heterocycles. The monoisotopic (exact) mass is 416 g/mol. The summed E-state index contributed by atoms with van der Waals surface area (Å²) >= 11 is 7.28. The van der Waals surface area contributed by atoms with Crippen LogP contribution in [0.4, 0.5) is 13.2 Å². The van der Waals surface area contributed by atoms with E-state index in [1.807, 2.05) is 6.92 Å². The van der Waals surface area contributed by atoms with Crippen LogP contribution in [-0.2, 0) is 12.7 Å². The number of hydrogen-bond acceptors (Lipinski definition) is 4. The van der Waals surface area contributed by atoms with Crippen molar-refractivity contribution in [3.63, 3.8) is 0 Å². The van der Waals surface area contributed by atoms with Gasteiger partial charge < -0.3 is 0 Å². The summed E-state index contributed by atoms with van der Waals surface area (Å²) in [5, 5.41) is 3.33. The Balaban J connectivity index is 1.71. The highest BCUT2D eigenvalue weighted by Gasteiger charge is 2.40. The van der Waals surface area contributed by atoms with Crippen molar-refractivity contribution in [2.75, 3.05) is 0 Å². The average Bonchev–Trinajstić information content (AvgIpc) is 3.13. The summed E-state index contributed by atoms with van der Waals surface area (Å²) in [4.78, 5) is 18.8. The smallest absolute Gasteiger partial charge is 0.269 e. The fourth-order valence-corrected chi connectivity index (χ4v) is 4.75. The first kappa shape index (κ1) is 18.5. The second-order valence-electron chi connectivity index (χ2n) is 6.77. The minimum Gasteiger partial charge on any atom is -0.269 e. The topological polar surface area (TPSA) is 52.2 Å². The Kier molecular flexibility index (Phi) is 4.34. The van der Waals surface area contributed by atoms with Crippen LogP contribution in [0.2, 0.25) is 5.15 Å². The molecule has 1 fully saturated rings. The molecule has 1 saturated carbocycles. The first-order valence-corrected chi connectivity index (χ1v) is 9.71. The average molecular weight is 417 g/mol. The number of aryl methyl sites for hydroxylation is 1. The molecular weight excluding hydrogens is 401 g/mol. The van der Waals surface area contributed by atoms with E-state index >= 15 is 0 Å². The number of halogens is 4. The summed E-state index contributed by atoms with van der Waals surface area (Å²) in [5.74, 6) is 0.973. The fraction of sp³-hybridized carbons (Fsp3) is 0.471. The Morgan fingerprint density at radius 3 is 2.70 bits per heavy atom. The van der Waals surface area contributed by atoms with Crippen molar-refractivity contribution in [3.8, 4) is 0 Å². The molecule has 4 rings (SSSR count). The van der Waals surface area contributed by atoms with Gasteiger partial charge >= 0.3 is 6.18 Å². The number of fused-ring (bicyclic) bond motifs is 1. The van der Waals surface area contributed by atoms with Crippen LogP contribution in [0.15, 0.2) is 16.9 Å². The van der Waals surface area contributed by atoms with Crippen molar-refractivity contribution in [1.82, 2.24) is 19.2 Å². The molecule has 0 N–H and O–H groups in total. The molecule has 1 aliphatic carbocycles. The molecule has 0 aliphatic heterocycles. The zero-order valence-electron chi connectivity index (χ0n) is 14.5.